The largest absolute Gasteiger partial charge is 0.379 e. The van der Waals surface area contributed by atoms with E-state index in [0.29, 0.717) is 32.0 Å². The van der Waals surface area contributed by atoms with Crippen LogP contribution in [0.3, 0.4) is 0 Å². The number of carbonyl (C=O) groups excluding carboxylic acids is 1. The van der Waals surface area contributed by atoms with Gasteiger partial charge in [-0.15, -0.1) is 10.2 Å². The molecule has 0 bridgehead atoms. The lowest BCUT2D eigenvalue weighted by atomic mass is 10.2. The van der Waals surface area contributed by atoms with Crippen molar-refractivity contribution in [1.82, 2.24) is 14.5 Å². The van der Waals surface area contributed by atoms with E-state index in [9.17, 15) is 13.2 Å². The minimum absolute atomic E-state index is 0.0913. The Hall–Kier alpha value is -2.31. The number of nitrogens with one attached hydrogen (secondary N) is 1. The smallest absolute Gasteiger partial charge is 0.255 e. The van der Waals surface area contributed by atoms with Crippen molar-refractivity contribution >= 4 is 44.7 Å². The first kappa shape index (κ1) is 20.9. The number of rotatable bonds is 6. The van der Waals surface area contributed by atoms with E-state index >= 15 is 0 Å². The van der Waals surface area contributed by atoms with Crippen molar-refractivity contribution in [3.05, 3.63) is 59.6 Å². The number of ether oxygens (including phenoxy) is 1. The molecule has 4 rings (SSSR count). The number of amides is 1. The van der Waals surface area contributed by atoms with Gasteiger partial charge in [0.25, 0.3) is 5.91 Å². The van der Waals surface area contributed by atoms with Crippen LogP contribution in [0.1, 0.15) is 10.4 Å². The molecule has 2 aromatic carbocycles. The van der Waals surface area contributed by atoms with Gasteiger partial charge in [-0.05, 0) is 30.3 Å². The topological polar surface area (TPSA) is 101 Å². The van der Waals surface area contributed by atoms with Crippen LogP contribution in [0.25, 0.3) is 0 Å². The van der Waals surface area contributed by atoms with Crippen LogP contribution < -0.4 is 5.32 Å². The quantitative estimate of drug-likeness (QED) is 0.601. The number of hydrogen-bond donors (Lipinski definition) is 1. The van der Waals surface area contributed by atoms with Gasteiger partial charge in [0.05, 0.1) is 23.8 Å². The Labute approximate surface area is 182 Å². The number of aromatic nitrogens is 2. The Balaban J connectivity index is 1.54. The van der Waals surface area contributed by atoms with Crippen molar-refractivity contribution < 1.29 is 17.9 Å². The Morgan fingerprint density at radius 3 is 2.70 bits per heavy atom. The second-order valence-corrected chi connectivity index (χ2v) is 10.4. The molecule has 0 unspecified atom stereocenters. The monoisotopic (exact) mass is 462 g/mol. The summed E-state index contributed by atoms with van der Waals surface area (Å²) in [5.41, 5.74) is 2.52. The normalized spacial score (nSPS) is 15.1. The maximum Gasteiger partial charge on any atom is 0.255 e. The molecule has 1 aromatic heterocycles. The molecule has 3 aromatic rings. The highest BCUT2D eigenvalue weighted by Gasteiger charge is 2.27. The van der Waals surface area contributed by atoms with Crippen LogP contribution in [-0.2, 0) is 14.8 Å². The maximum atomic E-state index is 12.9. The molecule has 30 heavy (non-hydrogen) atoms. The molecule has 1 aliphatic heterocycles. The summed E-state index contributed by atoms with van der Waals surface area (Å²) >= 11 is 2.81. The van der Waals surface area contributed by atoms with Crippen LogP contribution in [-0.4, -0.2) is 55.1 Å². The van der Waals surface area contributed by atoms with Crippen LogP contribution in [0.15, 0.2) is 68.2 Å². The second kappa shape index (κ2) is 9.23. The lowest BCUT2D eigenvalue weighted by Gasteiger charge is -2.26. The van der Waals surface area contributed by atoms with Crippen LogP contribution in [0.4, 0.5) is 5.69 Å². The molecule has 0 spiro atoms. The molecule has 1 N–H and O–H groups in total. The Kier molecular flexibility index (Phi) is 6.44. The van der Waals surface area contributed by atoms with Crippen molar-refractivity contribution in [1.29, 1.82) is 0 Å². The summed E-state index contributed by atoms with van der Waals surface area (Å²) < 4.78 is 33.1. The molecule has 8 nitrogen and oxygen atoms in total. The molecule has 0 aliphatic carbocycles. The predicted molar refractivity (Wildman–Crippen MR) is 114 cm³/mol. The van der Waals surface area contributed by atoms with E-state index in [1.807, 2.05) is 18.2 Å². The van der Waals surface area contributed by atoms with Crippen molar-refractivity contribution in [3.8, 4) is 0 Å². The molecule has 0 radical (unpaired) electrons. The zero-order valence-electron chi connectivity index (χ0n) is 15.7. The van der Waals surface area contributed by atoms with E-state index in [-0.39, 0.29) is 16.4 Å². The molecule has 0 saturated carbocycles. The highest BCUT2D eigenvalue weighted by Crippen LogP contribution is 2.34. The van der Waals surface area contributed by atoms with Crippen molar-refractivity contribution in [3.63, 3.8) is 0 Å². The summed E-state index contributed by atoms with van der Waals surface area (Å²) in [4.78, 5) is 13.8. The highest BCUT2D eigenvalue weighted by atomic mass is 32.2. The lowest BCUT2D eigenvalue weighted by molar-refractivity contribution is 0.0730. The summed E-state index contributed by atoms with van der Waals surface area (Å²) in [5, 5.41) is 10.7. The molecule has 156 valence electrons. The van der Waals surface area contributed by atoms with Crippen molar-refractivity contribution in [2.75, 3.05) is 31.6 Å². The second-order valence-electron chi connectivity index (χ2n) is 6.30. The number of nitrogens with zero attached hydrogens (tertiary/aromatic N) is 3. The number of morpholine rings is 1. The Bertz CT molecular complexity index is 1130. The summed E-state index contributed by atoms with van der Waals surface area (Å²) in [6, 6.07) is 13.4. The van der Waals surface area contributed by atoms with Gasteiger partial charge < -0.3 is 10.1 Å². The molecule has 2 heterocycles. The van der Waals surface area contributed by atoms with Crippen LogP contribution in [0.2, 0.25) is 0 Å². The van der Waals surface area contributed by atoms with Gasteiger partial charge >= 0.3 is 0 Å². The summed E-state index contributed by atoms with van der Waals surface area (Å²) in [7, 11) is -3.68. The molecular formula is C19H18N4O4S3. The molecule has 1 fully saturated rings. The van der Waals surface area contributed by atoms with E-state index in [1.54, 1.807) is 23.7 Å². The van der Waals surface area contributed by atoms with Gasteiger partial charge in [0.1, 0.15) is 5.51 Å². The third kappa shape index (κ3) is 4.71. The van der Waals surface area contributed by atoms with Crippen LogP contribution in [0, 0.1) is 0 Å². The van der Waals surface area contributed by atoms with E-state index in [4.69, 9.17) is 4.74 Å². The first-order valence-corrected chi connectivity index (χ1v) is 12.2. The van der Waals surface area contributed by atoms with Gasteiger partial charge in [0.15, 0.2) is 4.34 Å². The van der Waals surface area contributed by atoms with Crippen molar-refractivity contribution in [2.24, 2.45) is 0 Å². The van der Waals surface area contributed by atoms with Gasteiger partial charge in [-0.3, -0.25) is 4.79 Å². The number of hydrogen-bond acceptors (Lipinski definition) is 8. The highest BCUT2D eigenvalue weighted by molar-refractivity contribution is 8.01. The SMILES string of the molecule is O=C(Nc1ccccc1Sc1nncs1)c1cccc(S(=O)(=O)N2CCOCC2)c1. The molecule has 0 atom stereocenters. The molecule has 11 heteroatoms. The van der Waals surface area contributed by atoms with Gasteiger partial charge in [0, 0.05) is 23.5 Å². The molecular weight excluding hydrogens is 444 g/mol. The number of anilines is 1. The number of sulfonamides is 1. The van der Waals surface area contributed by atoms with Crippen LogP contribution in [0.5, 0.6) is 0 Å². The Morgan fingerprint density at radius 2 is 1.93 bits per heavy atom. The number of carbonyl (C=O) groups is 1. The maximum absolute atomic E-state index is 12.9. The van der Waals surface area contributed by atoms with Gasteiger partial charge in [0.2, 0.25) is 10.0 Å². The van der Waals surface area contributed by atoms with Crippen LogP contribution >= 0.6 is 23.1 Å². The predicted octanol–water partition coefficient (Wildman–Crippen LogP) is 2.96. The van der Waals surface area contributed by atoms with Gasteiger partial charge in [-0.1, -0.05) is 41.3 Å². The minimum Gasteiger partial charge on any atom is -0.379 e. The number of para-hydroxylation sites is 1. The zero-order valence-corrected chi connectivity index (χ0v) is 18.2. The Morgan fingerprint density at radius 1 is 1.13 bits per heavy atom. The number of benzene rings is 2. The fourth-order valence-corrected chi connectivity index (χ4v) is 5.86. The van der Waals surface area contributed by atoms with E-state index in [2.05, 4.69) is 15.5 Å². The van der Waals surface area contributed by atoms with Gasteiger partial charge in [-0.25, -0.2) is 8.42 Å². The standard InChI is InChI=1S/C19H18N4O4S3/c24-18(21-16-6-1-2-7-17(16)29-19-22-20-13-28-19)14-4-3-5-15(12-14)30(25,26)23-8-10-27-11-9-23/h1-7,12-13H,8-11H2,(H,21,24). The third-order valence-electron chi connectivity index (χ3n) is 4.38. The van der Waals surface area contributed by atoms with E-state index < -0.39 is 10.0 Å². The average Bonchev–Trinajstić information content (AvgIpc) is 3.29. The minimum atomic E-state index is -3.68. The molecule has 1 aliphatic rings. The fourth-order valence-electron chi connectivity index (χ4n) is 2.89. The third-order valence-corrected chi connectivity index (χ3v) is 8.13. The summed E-state index contributed by atoms with van der Waals surface area (Å²) in [6.45, 7) is 1.33. The van der Waals surface area contributed by atoms with E-state index in [1.165, 1.54) is 39.5 Å². The average molecular weight is 463 g/mol. The summed E-state index contributed by atoms with van der Waals surface area (Å²) in [6.07, 6.45) is 0. The molecule has 1 saturated heterocycles. The first-order chi connectivity index (χ1) is 14.5. The van der Waals surface area contributed by atoms with Crippen molar-refractivity contribution in [2.45, 2.75) is 14.1 Å². The molecule has 1 amide bonds. The van der Waals surface area contributed by atoms with Gasteiger partial charge in [-0.2, -0.15) is 4.31 Å². The summed E-state index contributed by atoms with van der Waals surface area (Å²) in [5.74, 6) is -0.389. The fraction of sp³-hybridized carbons (Fsp3) is 0.211. The first-order valence-electron chi connectivity index (χ1n) is 9.06. The zero-order chi connectivity index (χ0) is 21.0. The van der Waals surface area contributed by atoms with E-state index in [0.717, 1.165) is 9.24 Å². The lowest BCUT2D eigenvalue weighted by Crippen LogP contribution is -2.40.